The predicted octanol–water partition coefficient (Wildman–Crippen LogP) is 0.859. The summed E-state index contributed by atoms with van der Waals surface area (Å²) in [6, 6.07) is 0. The quantitative estimate of drug-likeness (QED) is 0.637. The molecule has 3 nitrogen and oxygen atoms in total. The van der Waals surface area contributed by atoms with Crippen molar-refractivity contribution >= 4 is 5.97 Å². The van der Waals surface area contributed by atoms with Crippen molar-refractivity contribution in [3.05, 3.63) is 11.6 Å². The largest absolute Gasteiger partial charge is 0.462 e. The molecular weight excluding hydrogens is 154 g/mol. The number of carbonyl (C=O) groups excluding carboxylic acids is 1. The molecule has 68 valence electrons. The van der Waals surface area contributed by atoms with Gasteiger partial charge in [-0.15, -0.1) is 0 Å². The maximum atomic E-state index is 11.2. The molecule has 0 aromatic rings. The summed E-state index contributed by atoms with van der Waals surface area (Å²) in [5, 5.41) is 3.14. The van der Waals surface area contributed by atoms with E-state index in [1.165, 1.54) is 0 Å². The summed E-state index contributed by atoms with van der Waals surface area (Å²) in [4.78, 5) is 11.2. The van der Waals surface area contributed by atoms with Crippen LogP contribution in [0.2, 0.25) is 0 Å². The van der Waals surface area contributed by atoms with Crippen molar-refractivity contribution < 1.29 is 9.53 Å². The summed E-state index contributed by atoms with van der Waals surface area (Å²) < 4.78 is 5.00. The predicted molar refractivity (Wildman–Crippen MR) is 46.8 cm³/mol. The first-order valence-electron chi connectivity index (χ1n) is 4.41. The van der Waals surface area contributed by atoms with Crippen LogP contribution in [0.15, 0.2) is 11.6 Å². The number of ether oxygens (including phenoxy) is 1. The van der Waals surface area contributed by atoms with Crippen LogP contribution in [0.5, 0.6) is 0 Å². The molecule has 3 heteroatoms. The van der Waals surface area contributed by atoms with Crippen molar-refractivity contribution in [1.29, 1.82) is 0 Å². The molecule has 0 radical (unpaired) electrons. The van der Waals surface area contributed by atoms with Gasteiger partial charge in [-0.1, -0.05) is 13.0 Å². The van der Waals surface area contributed by atoms with E-state index in [2.05, 4.69) is 5.32 Å². The van der Waals surface area contributed by atoms with Gasteiger partial charge in [-0.2, -0.15) is 0 Å². The summed E-state index contributed by atoms with van der Waals surface area (Å²) in [6.07, 6.45) is 3.58. The summed E-state index contributed by atoms with van der Waals surface area (Å²) in [6.45, 7) is 4.19. The van der Waals surface area contributed by atoms with Crippen molar-refractivity contribution in [3.8, 4) is 0 Å². The minimum absolute atomic E-state index is 0.140. The number of esters is 1. The Morgan fingerprint density at radius 3 is 3.17 bits per heavy atom. The van der Waals surface area contributed by atoms with Crippen LogP contribution in [-0.2, 0) is 9.53 Å². The Morgan fingerprint density at radius 2 is 2.58 bits per heavy atom. The van der Waals surface area contributed by atoms with Crippen LogP contribution in [0, 0.1) is 0 Å². The van der Waals surface area contributed by atoms with Gasteiger partial charge in [0.25, 0.3) is 0 Å². The number of hydrogen-bond acceptors (Lipinski definition) is 3. The second kappa shape index (κ2) is 4.93. The SMILES string of the molecule is CCCOC(=O)C1=CCNCC1. The van der Waals surface area contributed by atoms with E-state index >= 15 is 0 Å². The highest BCUT2D eigenvalue weighted by atomic mass is 16.5. The van der Waals surface area contributed by atoms with E-state index in [-0.39, 0.29) is 5.97 Å². The molecule has 0 fully saturated rings. The highest BCUT2D eigenvalue weighted by molar-refractivity contribution is 5.88. The standard InChI is InChI=1S/C9H15NO2/c1-2-7-12-9(11)8-3-5-10-6-4-8/h3,10H,2,4-7H2,1H3. The minimum Gasteiger partial charge on any atom is -0.462 e. The first-order valence-corrected chi connectivity index (χ1v) is 4.41. The van der Waals surface area contributed by atoms with Crippen LogP contribution in [0.25, 0.3) is 0 Å². The topological polar surface area (TPSA) is 38.3 Å². The lowest BCUT2D eigenvalue weighted by Gasteiger charge is -2.12. The van der Waals surface area contributed by atoms with E-state index < -0.39 is 0 Å². The molecule has 0 aromatic carbocycles. The first-order chi connectivity index (χ1) is 5.84. The Balaban J connectivity index is 2.35. The highest BCUT2D eigenvalue weighted by Gasteiger charge is 2.12. The van der Waals surface area contributed by atoms with Gasteiger partial charge in [0.15, 0.2) is 0 Å². The van der Waals surface area contributed by atoms with E-state index in [1.54, 1.807) is 0 Å². The van der Waals surface area contributed by atoms with Gasteiger partial charge >= 0.3 is 5.97 Å². The van der Waals surface area contributed by atoms with Crippen LogP contribution in [-0.4, -0.2) is 25.7 Å². The molecule has 0 bridgehead atoms. The third-order valence-corrected chi connectivity index (χ3v) is 1.76. The molecule has 0 atom stereocenters. The molecule has 0 spiro atoms. The van der Waals surface area contributed by atoms with E-state index in [0.29, 0.717) is 6.61 Å². The average Bonchev–Trinajstić information content (AvgIpc) is 2.15. The zero-order chi connectivity index (χ0) is 8.81. The van der Waals surface area contributed by atoms with Gasteiger partial charge < -0.3 is 10.1 Å². The Kier molecular flexibility index (Phi) is 3.80. The molecule has 1 N–H and O–H groups in total. The molecule has 1 rings (SSSR count). The third-order valence-electron chi connectivity index (χ3n) is 1.76. The van der Waals surface area contributed by atoms with Crippen molar-refractivity contribution in [3.63, 3.8) is 0 Å². The number of nitrogens with one attached hydrogen (secondary N) is 1. The van der Waals surface area contributed by atoms with Gasteiger partial charge in [-0.25, -0.2) is 4.79 Å². The molecule has 0 saturated heterocycles. The van der Waals surface area contributed by atoms with Crippen molar-refractivity contribution in [2.45, 2.75) is 19.8 Å². The second-order valence-corrected chi connectivity index (χ2v) is 2.82. The number of carbonyl (C=O) groups is 1. The van der Waals surface area contributed by atoms with Gasteiger partial charge in [0, 0.05) is 12.1 Å². The van der Waals surface area contributed by atoms with Gasteiger partial charge in [0.2, 0.25) is 0 Å². The number of rotatable bonds is 3. The lowest BCUT2D eigenvalue weighted by Crippen LogP contribution is -2.24. The van der Waals surface area contributed by atoms with Crippen LogP contribution in [0.4, 0.5) is 0 Å². The smallest absolute Gasteiger partial charge is 0.333 e. The third kappa shape index (κ3) is 2.66. The Morgan fingerprint density at radius 1 is 1.75 bits per heavy atom. The van der Waals surface area contributed by atoms with Gasteiger partial charge in [-0.3, -0.25) is 0 Å². The van der Waals surface area contributed by atoms with Crippen molar-refractivity contribution in [2.24, 2.45) is 0 Å². The van der Waals surface area contributed by atoms with Crippen LogP contribution in [0.3, 0.4) is 0 Å². The molecule has 0 aromatic heterocycles. The van der Waals surface area contributed by atoms with E-state index in [9.17, 15) is 4.79 Å². The van der Waals surface area contributed by atoms with Crippen LogP contribution >= 0.6 is 0 Å². The molecule has 0 amide bonds. The van der Waals surface area contributed by atoms with Crippen molar-refractivity contribution in [2.75, 3.05) is 19.7 Å². The van der Waals surface area contributed by atoms with E-state index in [4.69, 9.17) is 4.74 Å². The lowest BCUT2D eigenvalue weighted by atomic mass is 10.1. The molecule has 12 heavy (non-hydrogen) atoms. The minimum atomic E-state index is -0.140. The maximum Gasteiger partial charge on any atom is 0.333 e. The Labute approximate surface area is 72.8 Å². The van der Waals surface area contributed by atoms with E-state index in [0.717, 1.165) is 31.5 Å². The van der Waals surface area contributed by atoms with Crippen LogP contribution < -0.4 is 5.32 Å². The highest BCUT2D eigenvalue weighted by Crippen LogP contribution is 2.06. The summed E-state index contributed by atoms with van der Waals surface area (Å²) >= 11 is 0. The fourth-order valence-electron chi connectivity index (χ4n) is 1.10. The van der Waals surface area contributed by atoms with Gasteiger partial charge in [-0.05, 0) is 19.4 Å². The lowest BCUT2D eigenvalue weighted by molar-refractivity contribution is -0.139. The molecule has 1 aliphatic rings. The number of hydrogen-bond donors (Lipinski definition) is 1. The molecule has 1 aliphatic heterocycles. The van der Waals surface area contributed by atoms with Gasteiger partial charge in [0.1, 0.15) is 0 Å². The zero-order valence-corrected chi connectivity index (χ0v) is 7.43. The molecule has 0 unspecified atom stereocenters. The van der Waals surface area contributed by atoms with E-state index in [1.807, 2.05) is 13.0 Å². The summed E-state index contributed by atoms with van der Waals surface area (Å²) in [5.41, 5.74) is 0.821. The van der Waals surface area contributed by atoms with Crippen molar-refractivity contribution in [1.82, 2.24) is 5.32 Å². The normalized spacial score (nSPS) is 16.9. The summed E-state index contributed by atoms with van der Waals surface area (Å²) in [7, 11) is 0. The Bertz CT molecular complexity index is 187. The fourth-order valence-corrected chi connectivity index (χ4v) is 1.10. The zero-order valence-electron chi connectivity index (χ0n) is 7.43. The second-order valence-electron chi connectivity index (χ2n) is 2.82. The monoisotopic (exact) mass is 169 g/mol. The molecule has 1 heterocycles. The Hall–Kier alpha value is -0.830. The first kappa shape index (κ1) is 9.26. The van der Waals surface area contributed by atoms with Gasteiger partial charge in [0.05, 0.1) is 6.61 Å². The fraction of sp³-hybridized carbons (Fsp3) is 0.667. The average molecular weight is 169 g/mol. The molecule has 0 saturated carbocycles. The maximum absolute atomic E-state index is 11.2. The summed E-state index contributed by atoms with van der Waals surface area (Å²) in [5.74, 6) is -0.140. The van der Waals surface area contributed by atoms with Crippen LogP contribution in [0.1, 0.15) is 19.8 Å². The molecular formula is C9H15NO2. The molecule has 0 aliphatic carbocycles.